The van der Waals surface area contributed by atoms with Gasteiger partial charge in [0.2, 0.25) is 0 Å². The quantitative estimate of drug-likeness (QED) is 0.931. The van der Waals surface area contributed by atoms with E-state index >= 15 is 0 Å². The third kappa shape index (κ3) is 2.54. The molecule has 1 aromatic carbocycles. The lowest BCUT2D eigenvalue weighted by Crippen LogP contribution is -2.27. The van der Waals surface area contributed by atoms with E-state index in [1.54, 1.807) is 7.11 Å². The zero-order chi connectivity index (χ0) is 13.9. The number of benzene rings is 1. The van der Waals surface area contributed by atoms with Crippen LogP contribution in [0.15, 0.2) is 22.7 Å². The molecule has 0 bridgehead atoms. The first-order valence-electron chi connectivity index (χ1n) is 7.00. The fraction of sp³-hybridized carbons (Fsp3) is 0.467. The van der Waals surface area contributed by atoms with Crippen molar-refractivity contribution >= 4 is 0 Å². The molecule has 0 radical (unpaired) electrons. The van der Waals surface area contributed by atoms with E-state index in [1.807, 2.05) is 25.1 Å². The van der Waals surface area contributed by atoms with Crippen molar-refractivity contribution in [1.82, 2.24) is 15.5 Å². The maximum absolute atomic E-state index is 5.42. The Balaban J connectivity index is 1.91. The van der Waals surface area contributed by atoms with E-state index in [4.69, 9.17) is 9.26 Å². The van der Waals surface area contributed by atoms with E-state index in [0.29, 0.717) is 5.89 Å². The van der Waals surface area contributed by atoms with Crippen molar-refractivity contribution < 1.29 is 9.26 Å². The highest BCUT2D eigenvalue weighted by Gasteiger charge is 2.22. The van der Waals surface area contributed by atoms with Gasteiger partial charge in [-0.1, -0.05) is 23.2 Å². The zero-order valence-corrected chi connectivity index (χ0v) is 11.8. The molecule has 1 saturated heterocycles. The van der Waals surface area contributed by atoms with E-state index in [1.165, 1.54) is 12.8 Å². The topological polar surface area (TPSA) is 60.2 Å². The molecule has 1 aliphatic heterocycles. The number of ether oxygens (including phenoxy) is 1. The van der Waals surface area contributed by atoms with Crippen molar-refractivity contribution in [1.29, 1.82) is 0 Å². The fourth-order valence-electron chi connectivity index (χ4n) is 2.55. The molecule has 5 nitrogen and oxygen atoms in total. The first-order chi connectivity index (χ1) is 9.78. The van der Waals surface area contributed by atoms with Gasteiger partial charge in [0.1, 0.15) is 5.75 Å². The van der Waals surface area contributed by atoms with E-state index in [9.17, 15) is 0 Å². The molecular weight excluding hydrogens is 254 g/mol. The number of rotatable bonds is 3. The van der Waals surface area contributed by atoms with Crippen molar-refractivity contribution in [2.24, 2.45) is 0 Å². The van der Waals surface area contributed by atoms with Crippen molar-refractivity contribution in [2.75, 3.05) is 13.7 Å². The van der Waals surface area contributed by atoms with Gasteiger partial charge < -0.3 is 14.6 Å². The largest absolute Gasteiger partial charge is 0.496 e. The van der Waals surface area contributed by atoms with E-state index in [-0.39, 0.29) is 6.04 Å². The van der Waals surface area contributed by atoms with E-state index in [2.05, 4.69) is 15.5 Å². The Kier molecular flexibility index (Phi) is 3.69. The monoisotopic (exact) mass is 273 g/mol. The number of methoxy groups -OCH3 is 1. The summed E-state index contributed by atoms with van der Waals surface area (Å²) >= 11 is 0. The SMILES string of the molecule is COc1ccc(C)cc1-c1nc(C2CCCCN2)no1. The predicted molar refractivity (Wildman–Crippen MR) is 75.6 cm³/mol. The van der Waals surface area contributed by atoms with Crippen LogP contribution in [0.5, 0.6) is 5.75 Å². The Hall–Kier alpha value is -1.88. The van der Waals surface area contributed by atoms with E-state index in [0.717, 1.165) is 35.7 Å². The highest BCUT2D eigenvalue weighted by atomic mass is 16.5. The zero-order valence-electron chi connectivity index (χ0n) is 11.8. The predicted octanol–water partition coefficient (Wildman–Crippen LogP) is 2.87. The highest BCUT2D eigenvalue weighted by molar-refractivity contribution is 5.63. The summed E-state index contributed by atoms with van der Waals surface area (Å²) < 4.78 is 10.8. The van der Waals surface area contributed by atoms with Gasteiger partial charge in [0.05, 0.1) is 18.7 Å². The lowest BCUT2D eigenvalue weighted by Gasteiger charge is -2.19. The van der Waals surface area contributed by atoms with Gasteiger partial charge in [-0.3, -0.25) is 0 Å². The molecule has 0 saturated carbocycles. The maximum atomic E-state index is 5.42. The van der Waals surface area contributed by atoms with Gasteiger partial charge in [-0.2, -0.15) is 4.98 Å². The van der Waals surface area contributed by atoms with Gasteiger partial charge in [-0.05, 0) is 38.4 Å². The fourth-order valence-corrected chi connectivity index (χ4v) is 2.55. The number of aryl methyl sites for hydroxylation is 1. The second-order valence-electron chi connectivity index (χ2n) is 5.16. The molecule has 0 aliphatic carbocycles. The van der Waals surface area contributed by atoms with Crippen LogP contribution in [0, 0.1) is 6.92 Å². The molecule has 1 aliphatic rings. The summed E-state index contributed by atoms with van der Waals surface area (Å²) in [4.78, 5) is 4.53. The normalized spacial score (nSPS) is 19.0. The Morgan fingerprint density at radius 1 is 1.35 bits per heavy atom. The second kappa shape index (κ2) is 5.63. The molecular formula is C15H19N3O2. The third-order valence-corrected chi connectivity index (χ3v) is 3.65. The lowest BCUT2D eigenvalue weighted by atomic mass is 10.0. The Morgan fingerprint density at radius 2 is 2.25 bits per heavy atom. The minimum absolute atomic E-state index is 0.206. The summed E-state index contributed by atoms with van der Waals surface area (Å²) in [5, 5.41) is 7.54. The minimum Gasteiger partial charge on any atom is -0.496 e. The standard InChI is InChI=1S/C15H19N3O2/c1-10-6-7-13(19-2)11(9-10)15-17-14(18-20-15)12-5-3-4-8-16-12/h6-7,9,12,16H,3-5,8H2,1-2H3. The average molecular weight is 273 g/mol. The summed E-state index contributed by atoms with van der Waals surface area (Å²) in [7, 11) is 1.65. The van der Waals surface area contributed by atoms with E-state index < -0.39 is 0 Å². The van der Waals surface area contributed by atoms with Crippen molar-refractivity contribution in [2.45, 2.75) is 32.2 Å². The second-order valence-corrected chi connectivity index (χ2v) is 5.16. The van der Waals surface area contributed by atoms with Gasteiger partial charge in [0.15, 0.2) is 5.82 Å². The Morgan fingerprint density at radius 3 is 3.00 bits per heavy atom. The molecule has 106 valence electrons. The first-order valence-corrected chi connectivity index (χ1v) is 7.00. The van der Waals surface area contributed by atoms with Gasteiger partial charge >= 0.3 is 0 Å². The molecule has 1 unspecified atom stereocenters. The molecule has 1 aromatic heterocycles. The Bertz CT molecular complexity index is 589. The van der Waals surface area contributed by atoms with Crippen LogP contribution in [-0.4, -0.2) is 23.8 Å². The highest BCUT2D eigenvalue weighted by Crippen LogP contribution is 2.31. The smallest absolute Gasteiger partial charge is 0.261 e. The first kappa shape index (κ1) is 13.1. The molecule has 2 aromatic rings. The van der Waals surface area contributed by atoms with Crippen molar-refractivity contribution in [3.8, 4) is 17.2 Å². The molecule has 1 fully saturated rings. The third-order valence-electron chi connectivity index (χ3n) is 3.65. The van der Waals surface area contributed by atoms with Gasteiger partial charge in [0.25, 0.3) is 5.89 Å². The number of piperidine rings is 1. The number of aromatic nitrogens is 2. The van der Waals surface area contributed by atoms with Gasteiger partial charge in [0, 0.05) is 0 Å². The number of nitrogens with one attached hydrogen (secondary N) is 1. The summed E-state index contributed by atoms with van der Waals surface area (Å²) in [6.45, 7) is 3.05. The van der Waals surface area contributed by atoms with Gasteiger partial charge in [-0.15, -0.1) is 0 Å². The van der Waals surface area contributed by atoms with Crippen molar-refractivity contribution in [3.63, 3.8) is 0 Å². The molecule has 1 N–H and O–H groups in total. The Labute approximate surface area is 118 Å². The summed E-state index contributed by atoms with van der Waals surface area (Å²) in [5.41, 5.74) is 1.98. The minimum atomic E-state index is 0.206. The average Bonchev–Trinajstić information content (AvgIpc) is 2.98. The molecule has 1 atom stereocenters. The summed E-state index contributed by atoms with van der Waals surface area (Å²) in [5.74, 6) is 2.01. The maximum Gasteiger partial charge on any atom is 0.261 e. The number of hydrogen-bond donors (Lipinski definition) is 1. The molecule has 0 spiro atoms. The number of nitrogens with zero attached hydrogens (tertiary/aromatic N) is 2. The summed E-state index contributed by atoms with van der Waals surface area (Å²) in [6, 6.07) is 6.14. The molecule has 2 heterocycles. The summed E-state index contributed by atoms with van der Waals surface area (Å²) in [6.07, 6.45) is 3.48. The van der Waals surface area contributed by atoms with Crippen LogP contribution >= 0.6 is 0 Å². The van der Waals surface area contributed by atoms with Crippen LogP contribution in [0.4, 0.5) is 0 Å². The van der Waals surface area contributed by atoms with Crippen LogP contribution in [-0.2, 0) is 0 Å². The lowest BCUT2D eigenvalue weighted by molar-refractivity contribution is 0.365. The van der Waals surface area contributed by atoms with Crippen LogP contribution < -0.4 is 10.1 Å². The number of hydrogen-bond acceptors (Lipinski definition) is 5. The van der Waals surface area contributed by atoms with Gasteiger partial charge in [-0.25, -0.2) is 0 Å². The van der Waals surface area contributed by atoms with Crippen LogP contribution in [0.25, 0.3) is 11.5 Å². The van der Waals surface area contributed by atoms with Crippen LogP contribution in [0.2, 0.25) is 0 Å². The van der Waals surface area contributed by atoms with Crippen molar-refractivity contribution in [3.05, 3.63) is 29.6 Å². The van der Waals surface area contributed by atoms with Crippen LogP contribution in [0.3, 0.4) is 0 Å². The molecule has 0 amide bonds. The van der Waals surface area contributed by atoms with Crippen LogP contribution in [0.1, 0.15) is 36.7 Å². The molecule has 20 heavy (non-hydrogen) atoms. The molecule has 5 heteroatoms. The molecule has 3 rings (SSSR count).